The normalized spacial score (nSPS) is 11.8. The first-order chi connectivity index (χ1) is 6.80. The number of benzene rings is 1. The van der Waals surface area contributed by atoms with Crippen LogP contribution in [0.2, 0.25) is 0 Å². The number of alkyl halides is 2. The molecule has 0 fully saturated rings. The molecule has 0 bridgehead atoms. The molecule has 1 rings (SSSR count). The highest BCUT2D eigenvalue weighted by atomic mass is 32.2. The summed E-state index contributed by atoms with van der Waals surface area (Å²) in [5.41, 5.74) is 0. The van der Waals surface area contributed by atoms with Gasteiger partial charge in [-0.15, -0.1) is 0 Å². The Bertz CT molecular complexity index is 461. The third-order valence-electron chi connectivity index (χ3n) is 1.45. The van der Waals surface area contributed by atoms with Crippen molar-refractivity contribution < 1.29 is 26.3 Å². The van der Waals surface area contributed by atoms with Gasteiger partial charge in [0.2, 0.25) is 10.0 Å². The van der Waals surface area contributed by atoms with E-state index in [4.69, 9.17) is 5.14 Å². The summed E-state index contributed by atoms with van der Waals surface area (Å²) in [6.07, 6.45) is 0. The molecule has 0 aliphatic heterocycles. The average Bonchev–Trinajstić information content (AvgIpc) is 2.05. The van der Waals surface area contributed by atoms with E-state index >= 15 is 0 Å². The van der Waals surface area contributed by atoms with E-state index in [1.807, 2.05) is 0 Å². The summed E-state index contributed by atoms with van der Waals surface area (Å²) in [7, 11) is -4.05. The van der Waals surface area contributed by atoms with E-state index in [-0.39, 0.29) is 0 Å². The van der Waals surface area contributed by atoms with Crippen LogP contribution in [0.15, 0.2) is 23.1 Å². The number of ether oxygens (including phenoxy) is 1. The topological polar surface area (TPSA) is 69.4 Å². The van der Waals surface area contributed by atoms with E-state index in [1.165, 1.54) is 0 Å². The molecule has 0 atom stereocenters. The van der Waals surface area contributed by atoms with Crippen molar-refractivity contribution in [1.82, 2.24) is 0 Å². The second kappa shape index (κ2) is 4.07. The molecule has 0 aliphatic carbocycles. The Hall–Kier alpha value is -1.28. The third kappa shape index (κ3) is 3.10. The second-order valence-electron chi connectivity index (χ2n) is 2.52. The van der Waals surface area contributed by atoms with Gasteiger partial charge in [0.15, 0.2) is 11.6 Å². The van der Waals surface area contributed by atoms with Crippen molar-refractivity contribution in [1.29, 1.82) is 0 Å². The van der Waals surface area contributed by atoms with Crippen LogP contribution in [0.3, 0.4) is 0 Å². The van der Waals surface area contributed by atoms with E-state index in [0.29, 0.717) is 6.07 Å². The lowest BCUT2D eigenvalue weighted by atomic mass is 10.3. The molecule has 0 aliphatic rings. The van der Waals surface area contributed by atoms with Crippen molar-refractivity contribution in [2.24, 2.45) is 5.14 Å². The Morgan fingerprint density at radius 2 is 1.93 bits per heavy atom. The van der Waals surface area contributed by atoms with Crippen molar-refractivity contribution in [2.45, 2.75) is 11.5 Å². The lowest BCUT2D eigenvalue weighted by molar-refractivity contribution is -0.0522. The monoisotopic (exact) mass is 241 g/mol. The molecular formula is C7H6F3NO3S. The molecule has 1 aromatic carbocycles. The van der Waals surface area contributed by atoms with Gasteiger partial charge in [-0.1, -0.05) is 0 Å². The third-order valence-corrected chi connectivity index (χ3v) is 2.36. The summed E-state index contributed by atoms with van der Waals surface area (Å²) < 4.78 is 61.6. The zero-order chi connectivity index (χ0) is 11.6. The Morgan fingerprint density at radius 1 is 1.33 bits per heavy atom. The fourth-order valence-corrected chi connectivity index (χ4v) is 1.38. The average molecular weight is 241 g/mol. The molecule has 4 nitrogen and oxygen atoms in total. The quantitative estimate of drug-likeness (QED) is 0.860. The summed E-state index contributed by atoms with van der Waals surface area (Å²) in [6, 6.07) is 2.14. The first-order valence-electron chi connectivity index (χ1n) is 3.58. The molecule has 0 radical (unpaired) electrons. The lowest BCUT2D eigenvalue weighted by Gasteiger charge is -2.06. The van der Waals surface area contributed by atoms with Crippen LogP contribution in [0.1, 0.15) is 0 Å². The first-order valence-corrected chi connectivity index (χ1v) is 5.12. The van der Waals surface area contributed by atoms with Gasteiger partial charge in [0.1, 0.15) is 0 Å². The van der Waals surface area contributed by atoms with Crippen molar-refractivity contribution in [3.05, 3.63) is 24.0 Å². The molecule has 8 heteroatoms. The molecule has 15 heavy (non-hydrogen) atoms. The lowest BCUT2D eigenvalue weighted by Crippen LogP contribution is -2.12. The van der Waals surface area contributed by atoms with Crippen LogP contribution >= 0.6 is 0 Å². The van der Waals surface area contributed by atoms with Gasteiger partial charge in [-0.05, 0) is 18.2 Å². The standard InChI is InChI=1S/C7H6F3NO3S/c8-5-3-4(15(11,12)13)1-2-6(5)14-7(9)10/h1-3,7H,(H2,11,12,13). The molecule has 0 unspecified atom stereocenters. The molecule has 84 valence electrons. The Kier molecular flexibility index (Phi) is 3.20. The van der Waals surface area contributed by atoms with Crippen molar-refractivity contribution in [3.8, 4) is 5.75 Å². The molecule has 0 aromatic heterocycles. The van der Waals surface area contributed by atoms with E-state index < -0.39 is 33.1 Å². The van der Waals surface area contributed by atoms with Crippen LogP contribution in [-0.4, -0.2) is 15.0 Å². The van der Waals surface area contributed by atoms with Crippen LogP contribution in [0, 0.1) is 5.82 Å². The molecule has 0 heterocycles. The Labute approximate surface area is 83.5 Å². The van der Waals surface area contributed by atoms with Gasteiger partial charge >= 0.3 is 6.61 Å². The summed E-state index contributed by atoms with van der Waals surface area (Å²) >= 11 is 0. The van der Waals surface area contributed by atoms with Crippen LogP contribution in [0.5, 0.6) is 5.75 Å². The fourth-order valence-electron chi connectivity index (χ4n) is 0.850. The van der Waals surface area contributed by atoms with Crippen LogP contribution in [0.4, 0.5) is 13.2 Å². The van der Waals surface area contributed by atoms with Crippen molar-refractivity contribution in [2.75, 3.05) is 0 Å². The maximum atomic E-state index is 13.0. The number of rotatable bonds is 3. The zero-order valence-electron chi connectivity index (χ0n) is 7.15. The SMILES string of the molecule is NS(=O)(=O)c1ccc(OC(F)F)c(F)c1. The highest BCUT2D eigenvalue weighted by Gasteiger charge is 2.14. The predicted octanol–water partition coefficient (Wildman–Crippen LogP) is 1.07. The van der Waals surface area contributed by atoms with Gasteiger partial charge in [-0.2, -0.15) is 8.78 Å². The summed E-state index contributed by atoms with van der Waals surface area (Å²) in [4.78, 5) is -0.512. The first kappa shape index (κ1) is 11.8. The summed E-state index contributed by atoms with van der Waals surface area (Å²) in [6.45, 7) is -3.18. The highest BCUT2D eigenvalue weighted by molar-refractivity contribution is 7.89. The van der Waals surface area contributed by atoms with Crippen molar-refractivity contribution >= 4 is 10.0 Å². The van der Waals surface area contributed by atoms with Gasteiger partial charge in [0.25, 0.3) is 0 Å². The van der Waals surface area contributed by atoms with E-state index in [1.54, 1.807) is 0 Å². The number of hydrogen-bond donors (Lipinski definition) is 1. The molecule has 2 N–H and O–H groups in total. The zero-order valence-corrected chi connectivity index (χ0v) is 7.97. The van der Waals surface area contributed by atoms with Crippen LogP contribution < -0.4 is 9.88 Å². The molecule has 0 saturated heterocycles. The Balaban J connectivity index is 3.09. The Morgan fingerprint density at radius 3 is 2.33 bits per heavy atom. The maximum Gasteiger partial charge on any atom is 0.387 e. The molecule has 0 saturated carbocycles. The van der Waals surface area contributed by atoms with Crippen LogP contribution in [-0.2, 0) is 10.0 Å². The molecular weight excluding hydrogens is 235 g/mol. The minimum atomic E-state index is -4.05. The summed E-state index contributed by atoms with van der Waals surface area (Å²) in [5.74, 6) is -1.96. The highest BCUT2D eigenvalue weighted by Crippen LogP contribution is 2.21. The van der Waals surface area contributed by atoms with Crippen molar-refractivity contribution in [3.63, 3.8) is 0 Å². The number of halogens is 3. The van der Waals surface area contributed by atoms with Gasteiger partial charge in [-0.3, -0.25) is 0 Å². The number of primary sulfonamides is 1. The van der Waals surface area contributed by atoms with Crippen LogP contribution in [0.25, 0.3) is 0 Å². The largest absolute Gasteiger partial charge is 0.432 e. The van der Waals surface area contributed by atoms with E-state index in [2.05, 4.69) is 4.74 Å². The van der Waals surface area contributed by atoms with Gasteiger partial charge < -0.3 is 4.74 Å². The second-order valence-corrected chi connectivity index (χ2v) is 4.08. The maximum absolute atomic E-state index is 13.0. The minimum Gasteiger partial charge on any atom is -0.432 e. The summed E-state index contributed by atoms with van der Waals surface area (Å²) in [5, 5.41) is 4.69. The number of nitrogens with two attached hydrogens (primary N) is 1. The number of hydrogen-bond acceptors (Lipinski definition) is 3. The fraction of sp³-hybridized carbons (Fsp3) is 0.143. The van der Waals surface area contributed by atoms with Gasteiger partial charge in [-0.25, -0.2) is 17.9 Å². The molecule has 0 spiro atoms. The van der Waals surface area contributed by atoms with E-state index in [9.17, 15) is 21.6 Å². The predicted molar refractivity (Wildman–Crippen MR) is 44.4 cm³/mol. The molecule has 1 aromatic rings. The molecule has 0 amide bonds. The smallest absolute Gasteiger partial charge is 0.387 e. The van der Waals surface area contributed by atoms with Gasteiger partial charge in [0.05, 0.1) is 4.90 Å². The van der Waals surface area contributed by atoms with E-state index in [0.717, 1.165) is 12.1 Å². The number of sulfonamides is 1. The minimum absolute atomic E-state index is 0.507. The van der Waals surface area contributed by atoms with Gasteiger partial charge in [0, 0.05) is 0 Å².